The molecule has 3 heteroatoms. The molecule has 0 aliphatic rings. The van der Waals surface area contributed by atoms with Gasteiger partial charge in [-0.05, 0) is 55.1 Å². The summed E-state index contributed by atoms with van der Waals surface area (Å²) in [6, 6.07) is 17.3. The average Bonchev–Trinajstić information content (AvgIpc) is 2.83. The Balaban J connectivity index is 1.97. The largest absolute Gasteiger partial charge is 0.497 e. The van der Waals surface area contributed by atoms with Gasteiger partial charge < -0.3 is 9.30 Å². The molecule has 0 saturated heterocycles. The van der Waals surface area contributed by atoms with Crippen molar-refractivity contribution in [3.05, 3.63) is 59.8 Å². The molecule has 1 heterocycles. The molecular weight excluding hydrogens is 278 g/mol. The van der Waals surface area contributed by atoms with Crippen LogP contribution >= 0.6 is 11.8 Å². The lowest BCUT2D eigenvalue weighted by molar-refractivity contribution is 0.415. The highest BCUT2D eigenvalue weighted by Crippen LogP contribution is 2.25. The van der Waals surface area contributed by atoms with Crippen LogP contribution in [0.25, 0.3) is 10.9 Å². The van der Waals surface area contributed by atoms with Crippen LogP contribution in [-0.4, -0.2) is 17.9 Å². The molecule has 3 rings (SSSR count). The van der Waals surface area contributed by atoms with E-state index in [-0.39, 0.29) is 0 Å². The molecule has 0 atom stereocenters. The Labute approximate surface area is 129 Å². The zero-order chi connectivity index (χ0) is 14.8. The third kappa shape index (κ3) is 2.79. The van der Waals surface area contributed by atoms with E-state index in [1.807, 2.05) is 6.07 Å². The smallest absolute Gasteiger partial charge is 0.119 e. The number of methoxy groups -OCH3 is 1. The molecule has 2 aromatic carbocycles. The van der Waals surface area contributed by atoms with Crippen LogP contribution in [0.4, 0.5) is 0 Å². The van der Waals surface area contributed by atoms with Gasteiger partial charge in [0.1, 0.15) is 5.75 Å². The SMILES string of the molecule is COc1ccc2c(c1)cc(C)n2Cc1ccc(SC)cc1. The maximum absolute atomic E-state index is 5.30. The Morgan fingerprint density at radius 1 is 1.05 bits per heavy atom. The lowest BCUT2D eigenvalue weighted by Crippen LogP contribution is -2.01. The van der Waals surface area contributed by atoms with Crippen molar-refractivity contribution in [2.75, 3.05) is 13.4 Å². The zero-order valence-electron chi connectivity index (χ0n) is 12.6. The quantitative estimate of drug-likeness (QED) is 0.646. The molecule has 21 heavy (non-hydrogen) atoms. The monoisotopic (exact) mass is 297 g/mol. The highest BCUT2D eigenvalue weighted by molar-refractivity contribution is 7.98. The van der Waals surface area contributed by atoms with E-state index in [9.17, 15) is 0 Å². The molecule has 3 aromatic rings. The van der Waals surface area contributed by atoms with E-state index < -0.39 is 0 Å². The summed E-state index contributed by atoms with van der Waals surface area (Å²) in [6.45, 7) is 3.05. The van der Waals surface area contributed by atoms with Crippen LogP contribution in [0.1, 0.15) is 11.3 Å². The first-order valence-electron chi connectivity index (χ1n) is 6.98. The van der Waals surface area contributed by atoms with Gasteiger partial charge in [0.05, 0.1) is 7.11 Å². The van der Waals surface area contributed by atoms with E-state index in [1.54, 1.807) is 18.9 Å². The Hall–Kier alpha value is -1.87. The van der Waals surface area contributed by atoms with E-state index in [1.165, 1.54) is 27.1 Å². The summed E-state index contributed by atoms with van der Waals surface area (Å²) in [5.74, 6) is 0.906. The number of nitrogens with zero attached hydrogens (tertiary/aromatic N) is 1. The minimum absolute atomic E-state index is 0.899. The molecule has 0 aliphatic heterocycles. The van der Waals surface area contributed by atoms with Gasteiger partial charge in [-0.2, -0.15) is 0 Å². The van der Waals surface area contributed by atoms with Crippen molar-refractivity contribution in [2.45, 2.75) is 18.4 Å². The second kappa shape index (κ2) is 5.86. The summed E-state index contributed by atoms with van der Waals surface area (Å²) in [4.78, 5) is 1.30. The topological polar surface area (TPSA) is 14.2 Å². The molecular formula is C18H19NOS. The van der Waals surface area contributed by atoms with Crippen molar-refractivity contribution < 1.29 is 4.74 Å². The van der Waals surface area contributed by atoms with Gasteiger partial charge in [0, 0.05) is 28.0 Å². The van der Waals surface area contributed by atoms with E-state index in [0.717, 1.165) is 12.3 Å². The third-order valence-electron chi connectivity index (χ3n) is 3.82. The molecule has 0 saturated carbocycles. The van der Waals surface area contributed by atoms with Gasteiger partial charge >= 0.3 is 0 Å². The molecule has 0 radical (unpaired) electrons. The Morgan fingerprint density at radius 3 is 2.48 bits per heavy atom. The fourth-order valence-corrected chi connectivity index (χ4v) is 3.05. The molecule has 1 aromatic heterocycles. The van der Waals surface area contributed by atoms with Crippen molar-refractivity contribution in [1.82, 2.24) is 4.57 Å². The van der Waals surface area contributed by atoms with E-state index in [2.05, 4.69) is 60.2 Å². The Kier molecular flexibility index (Phi) is 3.93. The first-order chi connectivity index (χ1) is 10.2. The van der Waals surface area contributed by atoms with Gasteiger partial charge in [-0.1, -0.05) is 12.1 Å². The number of rotatable bonds is 4. The number of ether oxygens (including phenoxy) is 1. The summed E-state index contributed by atoms with van der Waals surface area (Å²) < 4.78 is 7.65. The molecule has 0 amide bonds. The minimum Gasteiger partial charge on any atom is -0.497 e. The van der Waals surface area contributed by atoms with Gasteiger partial charge in [-0.15, -0.1) is 11.8 Å². The van der Waals surface area contributed by atoms with Crippen LogP contribution in [0.2, 0.25) is 0 Å². The summed E-state index contributed by atoms with van der Waals surface area (Å²) in [5.41, 5.74) is 3.85. The summed E-state index contributed by atoms with van der Waals surface area (Å²) in [7, 11) is 1.71. The fraction of sp³-hybridized carbons (Fsp3) is 0.222. The normalized spacial score (nSPS) is 11.0. The minimum atomic E-state index is 0.899. The summed E-state index contributed by atoms with van der Waals surface area (Å²) >= 11 is 1.77. The number of benzene rings is 2. The highest BCUT2D eigenvalue weighted by Gasteiger charge is 2.07. The Bertz CT molecular complexity index is 759. The predicted octanol–water partition coefficient (Wildman–Crippen LogP) is 4.73. The maximum atomic E-state index is 5.30. The number of fused-ring (bicyclic) bond motifs is 1. The first-order valence-corrected chi connectivity index (χ1v) is 8.20. The summed E-state index contributed by atoms with van der Waals surface area (Å²) in [6.07, 6.45) is 2.10. The van der Waals surface area contributed by atoms with Crippen LogP contribution in [0.3, 0.4) is 0 Å². The van der Waals surface area contributed by atoms with Gasteiger partial charge in [-0.25, -0.2) is 0 Å². The molecule has 0 bridgehead atoms. The molecule has 0 N–H and O–H groups in total. The number of aryl methyl sites for hydroxylation is 1. The van der Waals surface area contributed by atoms with Crippen LogP contribution < -0.4 is 4.74 Å². The number of hydrogen-bond acceptors (Lipinski definition) is 2. The fourth-order valence-electron chi connectivity index (χ4n) is 2.64. The average molecular weight is 297 g/mol. The lowest BCUT2D eigenvalue weighted by Gasteiger charge is -2.09. The lowest BCUT2D eigenvalue weighted by atomic mass is 10.2. The molecule has 0 fully saturated rings. The van der Waals surface area contributed by atoms with Crippen molar-refractivity contribution >= 4 is 22.7 Å². The second-order valence-electron chi connectivity index (χ2n) is 5.14. The molecule has 0 unspecified atom stereocenters. The van der Waals surface area contributed by atoms with Gasteiger partial charge in [0.2, 0.25) is 0 Å². The van der Waals surface area contributed by atoms with E-state index >= 15 is 0 Å². The Morgan fingerprint density at radius 2 is 1.81 bits per heavy atom. The van der Waals surface area contributed by atoms with E-state index in [4.69, 9.17) is 4.74 Å². The molecule has 0 aliphatic carbocycles. The number of thioether (sulfide) groups is 1. The number of hydrogen-bond donors (Lipinski definition) is 0. The predicted molar refractivity (Wildman–Crippen MR) is 90.6 cm³/mol. The summed E-state index contributed by atoms with van der Waals surface area (Å²) in [5, 5.41) is 1.23. The standard InChI is InChI=1S/C18H19NOS/c1-13-10-15-11-16(20-2)6-9-18(15)19(13)12-14-4-7-17(21-3)8-5-14/h4-11H,12H2,1-3H3. The number of aromatic nitrogens is 1. The van der Waals surface area contributed by atoms with Gasteiger partial charge in [0.15, 0.2) is 0 Å². The van der Waals surface area contributed by atoms with Crippen LogP contribution in [0, 0.1) is 6.92 Å². The van der Waals surface area contributed by atoms with Crippen molar-refractivity contribution in [3.8, 4) is 5.75 Å². The third-order valence-corrected chi connectivity index (χ3v) is 4.56. The van der Waals surface area contributed by atoms with Crippen molar-refractivity contribution in [1.29, 1.82) is 0 Å². The van der Waals surface area contributed by atoms with Crippen LogP contribution in [0.5, 0.6) is 5.75 Å². The van der Waals surface area contributed by atoms with Gasteiger partial charge in [0.25, 0.3) is 0 Å². The first kappa shape index (κ1) is 14.1. The second-order valence-corrected chi connectivity index (χ2v) is 6.02. The molecule has 2 nitrogen and oxygen atoms in total. The van der Waals surface area contributed by atoms with Gasteiger partial charge in [-0.3, -0.25) is 0 Å². The van der Waals surface area contributed by atoms with Crippen LogP contribution in [0.15, 0.2) is 53.4 Å². The highest BCUT2D eigenvalue weighted by atomic mass is 32.2. The van der Waals surface area contributed by atoms with Crippen molar-refractivity contribution in [2.24, 2.45) is 0 Å². The van der Waals surface area contributed by atoms with Crippen LogP contribution in [-0.2, 0) is 6.54 Å². The molecule has 0 spiro atoms. The van der Waals surface area contributed by atoms with Crippen molar-refractivity contribution in [3.63, 3.8) is 0 Å². The molecule has 108 valence electrons. The zero-order valence-corrected chi connectivity index (χ0v) is 13.4. The van der Waals surface area contributed by atoms with E-state index in [0.29, 0.717) is 0 Å². The maximum Gasteiger partial charge on any atom is 0.119 e.